The van der Waals surface area contributed by atoms with Crippen molar-refractivity contribution in [3.05, 3.63) is 84.2 Å². The summed E-state index contributed by atoms with van der Waals surface area (Å²) in [5.74, 6) is 3.63. The molecule has 3 aromatic carbocycles. The fraction of sp³-hybridized carbons (Fsp3) is 0.344. The van der Waals surface area contributed by atoms with Gasteiger partial charge >= 0.3 is 0 Å². The molecule has 0 aliphatic heterocycles. The number of hydrogen-bond donors (Lipinski definition) is 0. The van der Waals surface area contributed by atoms with E-state index in [2.05, 4.69) is 24.9 Å². The molecule has 206 valence electrons. The number of ether oxygens (including phenoxy) is 5. The van der Waals surface area contributed by atoms with Crippen LogP contribution in [0.15, 0.2) is 72.9 Å². The minimum atomic E-state index is -0.00343. The molecule has 0 N–H and O–H groups in total. The maximum absolute atomic E-state index is 6.02. The normalized spacial score (nSPS) is 12.7. The number of rotatable bonds is 13. The van der Waals surface area contributed by atoms with Gasteiger partial charge in [0.25, 0.3) is 0 Å². The lowest BCUT2D eigenvalue weighted by atomic mass is 9.88. The molecule has 0 fully saturated rings. The van der Waals surface area contributed by atoms with Gasteiger partial charge in [0.05, 0.1) is 34.1 Å². The van der Waals surface area contributed by atoms with Crippen LogP contribution >= 0.6 is 0 Å². The predicted octanol–water partition coefficient (Wildman–Crippen LogP) is 6.19. The summed E-state index contributed by atoms with van der Waals surface area (Å²) in [6.45, 7) is 3.62. The summed E-state index contributed by atoms with van der Waals surface area (Å²) in [5.41, 5.74) is 2.08. The summed E-state index contributed by atoms with van der Waals surface area (Å²) >= 11 is 0. The molecule has 7 heteroatoms. The third-order valence-electron chi connectivity index (χ3n) is 7.20. The molecule has 4 aromatic rings. The number of para-hydroxylation sites is 1. The number of benzene rings is 3. The number of likely N-dealkylation sites (N-methyl/N-ethyl adjacent to an activating group) is 1. The van der Waals surface area contributed by atoms with Gasteiger partial charge in [-0.25, -0.2) is 0 Å². The highest BCUT2D eigenvalue weighted by molar-refractivity contribution is 5.88. The second-order valence-corrected chi connectivity index (χ2v) is 9.53. The second kappa shape index (κ2) is 13.2. The molecule has 0 spiro atoms. The summed E-state index contributed by atoms with van der Waals surface area (Å²) in [5, 5.41) is 2.07. The molecular formula is C32H38N2O5. The molecule has 0 bridgehead atoms. The number of pyridine rings is 1. The highest BCUT2D eigenvalue weighted by Gasteiger charge is 2.23. The van der Waals surface area contributed by atoms with Crippen molar-refractivity contribution in [2.75, 3.05) is 48.6 Å². The van der Waals surface area contributed by atoms with Crippen molar-refractivity contribution in [3.63, 3.8) is 0 Å². The molecule has 2 atom stereocenters. The molecule has 0 amide bonds. The van der Waals surface area contributed by atoms with Crippen LogP contribution in [0, 0.1) is 0 Å². The molecule has 39 heavy (non-hydrogen) atoms. The van der Waals surface area contributed by atoms with Crippen molar-refractivity contribution in [2.45, 2.75) is 25.3 Å². The van der Waals surface area contributed by atoms with Crippen molar-refractivity contribution >= 4 is 10.8 Å². The summed E-state index contributed by atoms with van der Waals surface area (Å²) in [7, 11) is 8.74. The quantitative estimate of drug-likeness (QED) is 0.204. The first kappa shape index (κ1) is 28.0. The van der Waals surface area contributed by atoms with Crippen molar-refractivity contribution in [3.8, 4) is 28.7 Å². The lowest BCUT2D eigenvalue weighted by Gasteiger charge is -2.28. The van der Waals surface area contributed by atoms with E-state index in [4.69, 9.17) is 28.7 Å². The lowest BCUT2D eigenvalue weighted by Crippen LogP contribution is -2.35. The summed E-state index contributed by atoms with van der Waals surface area (Å²) in [4.78, 5) is 7.22. The van der Waals surface area contributed by atoms with Crippen LogP contribution in [0.1, 0.15) is 30.5 Å². The van der Waals surface area contributed by atoms with E-state index in [1.54, 1.807) is 28.4 Å². The zero-order valence-corrected chi connectivity index (χ0v) is 23.6. The predicted molar refractivity (Wildman–Crippen MR) is 155 cm³/mol. The Kier molecular flexibility index (Phi) is 9.49. The van der Waals surface area contributed by atoms with E-state index in [9.17, 15) is 0 Å². The number of methoxy groups -OCH3 is 4. The topological polar surface area (TPSA) is 62.3 Å². The van der Waals surface area contributed by atoms with Crippen LogP contribution in [0.5, 0.6) is 28.7 Å². The fourth-order valence-electron chi connectivity index (χ4n) is 4.74. The minimum Gasteiger partial charge on any atom is -0.493 e. The molecule has 0 aliphatic rings. The van der Waals surface area contributed by atoms with Crippen molar-refractivity contribution in [1.82, 2.24) is 9.88 Å². The van der Waals surface area contributed by atoms with E-state index in [0.29, 0.717) is 29.6 Å². The number of nitrogens with zero attached hydrogens (tertiary/aromatic N) is 2. The van der Waals surface area contributed by atoms with Gasteiger partial charge in [0.1, 0.15) is 12.4 Å². The average Bonchev–Trinajstić information content (AvgIpc) is 2.99. The number of aromatic nitrogens is 1. The number of hydrogen-bond acceptors (Lipinski definition) is 7. The second-order valence-electron chi connectivity index (χ2n) is 9.53. The highest BCUT2D eigenvalue weighted by Crippen LogP contribution is 2.39. The van der Waals surface area contributed by atoms with Crippen LogP contribution in [0.4, 0.5) is 0 Å². The zero-order valence-electron chi connectivity index (χ0n) is 23.6. The monoisotopic (exact) mass is 530 g/mol. The van der Waals surface area contributed by atoms with E-state index in [0.717, 1.165) is 40.7 Å². The lowest BCUT2D eigenvalue weighted by molar-refractivity contribution is 0.170. The Labute approximate surface area is 231 Å². The first-order valence-corrected chi connectivity index (χ1v) is 13.1. The molecule has 1 heterocycles. The molecule has 0 saturated carbocycles. The van der Waals surface area contributed by atoms with Crippen molar-refractivity contribution in [2.24, 2.45) is 0 Å². The molecule has 0 aliphatic carbocycles. The van der Waals surface area contributed by atoms with Crippen LogP contribution in [0.2, 0.25) is 0 Å². The molecule has 1 aromatic heterocycles. The van der Waals surface area contributed by atoms with Gasteiger partial charge in [0, 0.05) is 23.5 Å². The minimum absolute atomic E-state index is 0.00343. The molecule has 2 unspecified atom stereocenters. The molecule has 4 rings (SSSR count). The average molecular weight is 531 g/mol. The molecule has 0 saturated heterocycles. The molecule has 7 nitrogen and oxygen atoms in total. The van der Waals surface area contributed by atoms with Crippen LogP contribution in [-0.4, -0.2) is 64.6 Å². The van der Waals surface area contributed by atoms with E-state index >= 15 is 0 Å². The Morgan fingerprint density at radius 3 is 2.13 bits per heavy atom. The van der Waals surface area contributed by atoms with Gasteiger partial charge in [-0.15, -0.1) is 0 Å². The first-order valence-electron chi connectivity index (χ1n) is 13.1. The van der Waals surface area contributed by atoms with Crippen LogP contribution in [-0.2, 0) is 0 Å². The van der Waals surface area contributed by atoms with Gasteiger partial charge in [-0.1, -0.05) is 24.3 Å². The SMILES string of the molecule is COc1ccc(C(CCN(C)C(C)COc2ccccc2)c2nccc3cc(OC)c(OC)cc23)cc1OC. The van der Waals surface area contributed by atoms with Crippen molar-refractivity contribution in [1.29, 1.82) is 0 Å². The molecule has 0 radical (unpaired) electrons. The van der Waals surface area contributed by atoms with Gasteiger partial charge in [-0.2, -0.15) is 0 Å². The van der Waals surface area contributed by atoms with E-state index in [1.807, 2.05) is 66.9 Å². The van der Waals surface area contributed by atoms with Gasteiger partial charge < -0.3 is 28.6 Å². The Hall–Kier alpha value is -3.97. The van der Waals surface area contributed by atoms with Crippen LogP contribution < -0.4 is 23.7 Å². The standard InChI is InChI=1S/C32H38N2O5/c1-22(21-39-25-10-8-7-9-11-25)34(2)17-15-26(23-12-13-28(35-3)29(18-23)36-4)32-27-20-31(38-6)30(37-5)19-24(27)14-16-33-32/h7-14,16,18-20,22,26H,15,17,21H2,1-6H3. The van der Waals surface area contributed by atoms with Gasteiger partial charge in [0.15, 0.2) is 23.0 Å². The summed E-state index contributed by atoms with van der Waals surface area (Å²) in [6, 6.07) is 22.3. The van der Waals surface area contributed by atoms with Crippen LogP contribution in [0.3, 0.4) is 0 Å². The number of fused-ring (bicyclic) bond motifs is 1. The summed E-state index contributed by atoms with van der Waals surface area (Å²) < 4.78 is 28.3. The van der Waals surface area contributed by atoms with Gasteiger partial charge in [-0.05, 0) is 80.4 Å². The maximum Gasteiger partial charge on any atom is 0.161 e. The largest absolute Gasteiger partial charge is 0.493 e. The third-order valence-corrected chi connectivity index (χ3v) is 7.20. The van der Waals surface area contributed by atoms with Crippen molar-refractivity contribution < 1.29 is 23.7 Å². The van der Waals surface area contributed by atoms with Crippen LogP contribution in [0.25, 0.3) is 10.8 Å². The Morgan fingerprint density at radius 2 is 1.44 bits per heavy atom. The maximum atomic E-state index is 6.02. The zero-order chi connectivity index (χ0) is 27.8. The fourth-order valence-corrected chi connectivity index (χ4v) is 4.74. The Bertz CT molecular complexity index is 1360. The summed E-state index contributed by atoms with van der Waals surface area (Å²) in [6.07, 6.45) is 2.69. The van der Waals surface area contributed by atoms with Gasteiger partial charge in [0.2, 0.25) is 0 Å². The van der Waals surface area contributed by atoms with E-state index in [1.165, 1.54) is 0 Å². The third kappa shape index (κ3) is 6.55. The van der Waals surface area contributed by atoms with E-state index in [-0.39, 0.29) is 12.0 Å². The van der Waals surface area contributed by atoms with E-state index < -0.39 is 0 Å². The Morgan fingerprint density at radius 1 is 0.769 bits per heavy atom. The Balaban J connectivity index is 1.66. The van der Waals surface area contributed by atoms with Gasteiger partial charge in [-0.3, -0.25) is 4.98 Å². The smallest absolute Gasteiger partial charge is 0.161 e. The molecular weight excluding hydrogens is 492 g/mol. The first-order chi connectivity index (χ1) is 19.0. The highest BCUT2D eigenvalue weighted by atomic mass is 16.5.